The Morgan fingerprint density at radius 2 is 0.393 bits per heavy atom. The Labute approximate surface area is 796 Å². The van der Waals surface area contributed by atoms with Crippen molar-refractivity contribution in [3.63, 3.8) is 0 Å². The fourth-order valence-electron chi connectivity index (χ4n) is 13.1. The Morgan fingerprint density at radius 1 is 0.200 bits per heavy atom. The van der Waals surface area contributed by atoms with Crippen molar-refractivity contribution in [1.82, 2.24) is 0 Å². The van der Waals surface area contributed by atoms with Crippen molar-refractivity contribution in [2.24, 2.45) is 61.1 Å². The van der Waals surface area contributed by atoms with Gasteiger partial charge in [-0.25, -0.2) is 0 Å². The summed E-state index contributed by atoms with van der Waals surface area (Å²) in [7, 11) is 2.42. The zero-order chi connectivity index (χ0) is 108. The Bertz CT molecular complexity index is 3870. The first kappa shape index (κ1) is 139. The largest absolute Gasteiger partial charge is 0.468 e. The molecule has 0 radical (unpaired) electrons. The van der Waals surface area contributed by atoms with Gasteiger partial charge in [-0.2, -0.15) is 0 Å². The highest BCUT2D eigenvalue weighted by atomic mass is 16.6. The zero-order valence-electron chi connectivity index (χ0n) is 87.1. The van der Waals surface area contributed by atoms with Crippen molar-refractivity contribution in [3.05, 3.63) is 0 Å². The molecule has 0 aromatic rings. The first-order valence-electron chi connectivity index (χ1n) is 45.5. The lowest BCUT2D eigenvalue weighted by molar-refractivity contribution is -0.183. The summed E-state index contributed by atoms with van der Waals surface area (Å²) >= 11 is 0. The van der Waals surface area contributed by atoms with Gasteiger partial charge < -0.3 is 75.8 Å². The highest BCUT2D eigenvalue weighted by Gasteiger charge is 2.56. The van der Waals surface area contributed by atoms with Gasteiger partial charge in [-0.15, -0.1) is 0 Å². The smallest absolute Gasteiger partial charge is 0.331 e. The monoisotopic (exact) mass is 1940 g/mol. The number of carbonyl (C=O) groups excluding carboxylic acids is 24. The van der Waals surface area contributed by atoms with Crippen LogP contribution in [0.15, 0.2) is 0 Å². The lowest BCUT2D eigenvalue weighted by Crippen LogP contribution is -2.46. The van der Waals surface area contributed by atoms with Crippen LogP contribution < -0.4 is 0 Å². The predicted molar refractivity (Wildman–Crippen MR) is 483 cm³/mol. The molecule has 0 aliphatic rings. The molecule has 135 heavy (non-hydrogen) atoms. The zero-order valence-corrected chi connectivity index (χ0v) is 87.1. The quantitative estimate of drug-likeness (QED) is 0.0311. The minimum absolute atomic E-state index is 0.181. The molecule has 0 rings (SSSR count). The molecule has 0 N–H and O–H groups in total. The molecular weight excluding hydrogens is 1780 g/mol. The van der Waals surface area contributed by atoms with Crippen LogP contribution in [0, 0.1) is 61.1 Å². The van der Waals surface area contributed by atoms with Gasteiger partial charge in [-0.3, -0.25) is 115 Å². The summed E-state index contributed by atoms with van der Waals surface area (Å²) in [6, 6.07) is 0. The van der Waals surface area contributed by atoms with Crippen molar-refractivity contribution in [3.8, 4) is 0 Å². The van der Waals surface area contributed by atoms with Crippen molar-refractivity contribution < 1.29 is 191 Å². The third-order valence-corrected chi connectivity index (χ3v) is 21.3. The van der Waals surface area contributed by atoms with E-state index in [2.05, 4.69) is 47.4 Å². The molecule has 0 aromatic carbocycles. The molecule has 0 bridgehead atoms. The molecule has 778 valence electrons. The maximum absolute atomic E-state index is 12.1. The Kier molecular flexibility index (Phi) is 72.8. The SMILES string of the molecule is CCC(C(=O)OC(C)=O)(C(=O)OC(C)C)C(C)C.CCC(C(=O)OC)(C(=O)OC(C)=O)C(C)C.CCC(CC)(C(=O)OC(C)=O)C(=O)OC(C)C.CCCC(CC)(C(=O)OC)C(=O)OC(C)=O.CCCC(CC)(C(=O)OCC)C(=O)OC(C)=O.CCCCC(CC)(C(=O)OCC)C(=O)OC(C)=O.CCOC(=O)C(CC)(C(=O)OC(C)=O)C(C)C.CCOC(=O)C(CC)(CC)C(=O)OC(C)=O. The van der Waals surface area contributed by atoms with Gasteiger partial charge in [0.25, 0.3) is 0 Å². The average Bonchev–Trinajstić information content (AvgIpc) is 0.788. The molecule has 6 atom stereocenters. The summed E-state index contributed by atoms with van der Waals surface area (Å²) in [6.45, 7) is 56.2. The van der Waals surface area contributed by atoms with Gasteiger partial charge in [0.05, 0.1) is 52.9 Å². The molecule has 0 aliphatic heterocycles. The van der Waals surface area contributed by atoms with E-state index in [1.165, 1.54) is 14.2 Å². The fourth-order valence-corrected chi connectivity index (χ4v) is 13.1. The summed E-state index contributed by atoms with van der Waals surface area (Å²) < 4.78 is 75.3. The second-order valence-electron chi connectivity index (χ2n) is 31.7. The van der Waals surface area contributed by atoms with Crippen molar-refractivity contribution in [1.29, 1.82) is 0 Å². The van der Waals surface area contributed by atoms with Crippen LogP contribution in [-0.2, 0) is 191 Å². The summed E-state index contributed by atoms with van der Waals surface area (Å²) in [6.07, 6.45) is 5.51. The molecule has 0 amide bonds. The number of hydrogen-bond donors (Lipinski definition) is 0. The van der Waals surface area contributed by atoms with Gasteiger partial charge in [0.2, 0.25) is 0 Å². The molecule has 0 saturated heterocycles. The lowest BCUT2D eigenvalue weighted by Gasteiger charge is -2.31. The fraction of sp³-hybridized carbons (Fsp3) is 0.747. The number of unbranched alkanes of at least 4 members (excludes halogenated alkanes) is 1. The third kappa shape index (κ3) is 44.1. The number of ether oxygens (including phenoxy) is 16. The van der Waals surface area contributed by atoms with Gasteiger partial charge in [0.15, 0.2) is 43.3 Å². The maximum Gasteiger partial charge on any atom is 0.331 e. The predicted octanol–water partition coefficient (Wildman–Crippen LogP) is 13.9. The Morgan fingerprint density at radius 3 is 0.593 bits per heavy atom. The minimum atomic E-state index is -1.42. The van der Waals surface area contributed by atoms with Crippen molar-refractivity contribution >= 4 is 143 Å². The molecule has 40 heteroatoms. The average molecular weight is 1940 g/mol. The van der Waals surface area contributed by atoms with Crippen LogP contribution in [0.3, 0.4) is 0 Å². The molecule has 6 unspecified atom stereocenters. The summed E-state index contributed by atoms with van der Waals surface area (Å²) in [5, 5.41) is 0. The normalized spacial score (nSPS) is 13.2. The molecule has 0 spiro atoms. The Balaban J connectivity index is -0.000000228. The first-order chi connectivity index (χ1) is 62.4. The van der Waals surface area contributed by atoms with Crippen LogP contribution in [0.5, 0.6) is 0 Å². The molecular formula is C95H158O40. The summed E-state index contributed by atoms with van der Waals surface area (Å²) in [4.78, 5) is 276. The number of methoxy groups -OCH3 is 2. The van der Waals surface area contributed by atoms with Crippen LogP contribution in [0.25, 0.3) is 0 Å². The van der Waals surface area contributed by atoms with Gasteiger partial charge in [-0.1, -0.05) is 157 Å². The van der Waals surface area contributed by atoms with E-state index in [4.69, 9.17) is 28.4 Å². The molecule has 0 heterocycles. The molecule has 0 fully saturated rings. The van der Waals surface area contributed by atoms with Crippen LogP contribution in [-0.4, -0.2) is 196 Å². The molecule has 40 nitrogen and oxygen atoms in total. The van der Waals surface area contributed by atoms with E-state index in [-0.39, 0.29) is 121 Å². The van der Waals surface area contributed by atoms with Crippen molar-refractivity contribution in [2.45, 2.75) is 364 Å². The number of hydrogen-bond acceptors (Lipinski definition) is 40. The first-order valence-corrected chi connectivity index (χ1v) is 45.5. The van der Waals surface area contributed by atoms with Gasteiger partial charge in [0, 0.05) is 55.4 Å². The van der Waals surface area contributed by atoms with E-state index in [1.807, 2.05) is 20.8 Å². The number of rotatable bonds is 42. The maximum atomic E-state index is 12.1. The van der Waals surface area contributed by atoms with E-state index in [1.54, 1.807) is 166 Å². The molecule has 0 aliphatic carbocycles. The van der Waals surface area contributed by atoms with Crippen molar-refractivity contribution in [2.75, 3.05) is 40.6 Å². The summed E-state index contributed by atoms with van der Waals surface area (Å²) in [5.41, 5.74) is -11.0. The molecule has 0 saturated carbocycles. The van der Waals surface area contributed by atoms with Crippen LogP contribution in [0.1, 0.15) is 351 Å². The van der Waals surface area contributed by atoms with Crippen LogP contribution in [0.2, 0.25) is 0 Å². The highest BCUT2D eigenvalue weighted by Crippen LogP contribution is 2.40. The van der Waals surface area contributed by atoms with Gasteiger partial charge in [-0.05, 0) is 157 Å². The topological polar surface area (TPSA) is 557 Å². The number of carbonyl (C=O) groups is 24. The summed E-state index contributed by atoms with van der Waals surface area (Å²) in [5.74, 6) is -18.4. The van der Waals surface area contributed by atoms with E-state index in [0.29, 0.717) is 38.5 Å². The standard InChI is InChI=1S/2C13H22O5.3C12H20O5.3C11H18O5/c1-7-13(8(2)3,11(15)17-9(4)5)12(16)18-10(6)14;1-5-8-9-13(6-2,11(15)17-7-3)12(16)18-10(4)14;1-6-12(8(3)4,10(14)16-7-2)11(15)17-9(5)13;1-6-12(7-2,10(14)16-8(3)4)11(15)17-9(5)13;1-5-8-12(6-2,10(14)16-7-3)11(15)17-9(4)13;1-6-11(7(2)3,9(13)15-5)10(14)16-8(4)12;1-5-7-11(6-2,9(13)15-4)10(14)16-8(3)12;1-5-11(6-2,9(13)15-7-3)10(14)16-8(4)12/h8-9H,7H2,1-6H3;5-9H2,1-4H3;2*8H,6-7H2,1-5H3;5-8H2,1-4H3;7H,6H2,1-5H3;2*5-7H2,1-4H3. The molecule has 0 aromatic heterocycles. The minimum Gasteiger partial charge on any atom is -0.468 e. The Hall–Kier alpha value is -11.1. The van der Waals surface area contributed by atoms with Gasteiger partial charge in [0.1, 0.15) is 0 Å². The van der Waals surface area contributed by atoms with E-state index >= 15 is 0 Å². The van der Waals surface area contributed by atoms with Crippen LogP contribution in [0.4, 0.5) is 0 Å². The third-order valence-electron chi connectivity index (χ3n) is 21.3. The van der Waals surface area contributed by atoms with Gasteiger partial charge >= 0.3 is 143 Å². The van der Waals surface area contributed by atoms with E-state index < -0.39 is 187 Å². The highest BCUT2D eigenvalue weighted by molar-refractivity contribution is 6.08. The van der Waals surface area contributed by atoms with E-state index in [0.717, 1.165) is 61.8 Å². The van der Waals surface area contributed by atoms with E-state index in [9.17, 15) is 115 Å². The second-order valence-corrected chi connectivity index (χ2v) is 31.7. The second kappa shape index (κ2) is 70.5. The lowest BCUT2D eigenvalue weighted by atomic mass is 9.75. The number of esters is 24. The van der Waals surface area contributed by atoms with Crippen LogP contribution >= 0.6 is 0 Å².